The molecule has 0 spiro atoms. The zero-order valence-corrected chi connectivity index (χ0v) is 18.8. The summed E-state index contributed by atoms with van der Waals surface area (Å²) >= 11 is 1.31. The lowest BCUT2D eigenvalue weighted by molar-refractivity contribution is -0.118. The van der Waals surface area contributed by atoms with Gasteiger partial charge in [0.15, 0.2) is 5.16 Å². The van der Waals surface area contributed by atoms with Crippen molar-refractivity contribution in [3.05, 3.63) is 64.4 Å². The Balaban J connectivity index is 1.49. The molecular weight excluding hydrogens is 406 g/mol. The first-order chi connectivity index (χ1) is 15.1. The van der Waals surface area contributed by atoms with Gasteiger partial charge in [0, 0.05) is 6.54 Å². The van der Waals surface area contributed by atoms with Crippen LogP contribution in [0.15, 0.2) is 58.5 Å². The predicted octanol–water partition coefficient (Wildman–Crippen LogP) is 4.87. The average Bonchev–Trinajstić information content (AvgIpc) is 2.79. The van der Waals surface area contributed by atoms with Gasteiger partial charge in [0.05, 0.1) is 22.3 Å². The van der Waals surface area contributed by atoms with Crippen LogP contribution in [0.5, 0.6) is 0 Å². The van der Waals surface area contributed by atoms with E-state index in [0.717, 1.165) is 30.1 Å². The van der Waals surface area contributed by atoms with E-state index in [9.17, 15) is 9.59 Å². The van der Waals surface area contributed by atoms with Gasteiger partial charge in [0.1, 0.15) is 0 Å². The van der Waals surface area contributed by atoms with Crippen molar-refractivity contribution >= 4 is 28.6 Å². The third-order valence-corrected chi connectivity index (χ3v) is 6.91. The minimum atomic E-state index is -0.116. The van der Waals surface area contributed by atoms with Gasteiger partial charge in [-0.2, -0.15) is 0 Å². The van der Waals surface area contributed by atoms with Crippen molar-refractivity contribution in [2.24, 2.45) is 5.92 Å². The van der Waals surface area contributed by atoms with Gasteiger partial charge in [0.2, 0.25) is 5.91 Å². The molecular formula is C25H29N3O2S. The van der Waals surface area contributed by atoms with Crippen molar-refractivity contribution in [2.45, 2.75) is 50.6 Å². The molecule has 0 aliphatic heterocycles. The van der Waals surface area contributed by atoms with Gasteiger partial charge < -0.3 is 5.32 Å². The van der Waals surface area contributed by atoms with Gasteiger partial charge in [-0.25, -0.2) is 4.98 Å². The molecule has 0 radical (unpaired) electrons. The number of amides is 1. The van der Waals surface area contributed by atoms with E-state index in [-0.39, 0.29) is 17.2 Å². The molecule has 1 N–H and O–H groups in total. The zero-order valence-electron chi connectivity index (χ0n) is 18.0. The molecule has 1 aliphatic carbocycles. The summed E-state index contributed by atoms with van der Waals surface area (Å²) in [6.45, 7) is 2.73. The Bertz CT molecular complexity index is 1100. The monoisotopic (exact) mass is 435 g/mol. The number of carbonyl (C=O) groups excluding carboxylic acids is 1. The summed E-state index contributed by atoms with van der Waals surface area (Å²) in [5, 5.41) is 4.15. The van der Waals surface area contributed by atoms with Crippen LogP contribution in [0.1, 0.15) is 44.1 Å². The molecule has 1 amide bonds. The van der Waals surface area contributed by atoms with Gasteiger partial charge in [-0.05, 0) is 43.5 Å². The van der Waals surface area contributed by atoms with E-state index < -0.39 is 0 Å². The van der Waals surface area contributed by atoms with Crippen LogP contribution in [0.3, 0.4) is 0 Å². The highest BCUT2D eigenvalue weighted by atomic mass is 32.2. The standard InChI is InChI=1S/C25H29N3O2S/c1-18-11-13-20(14-12-18)28-24(30)21-9-5-6-10-22(21)27-25(28)31-17-23(29)26-16-15-19-7-3-2-4-8-19/h5-6,9-14,19H,2-4,7-8,15-17H2,1H3,(H,26,29). The second kappa shape index (κ2) is 10.1. The third kappa shape index (κ3) is 5.37. The number of aromatic nitrogens is 2. The summed E-state index contributed by atoms with van der Waals surface area (Å²) in [4.78, 5) is 30.4. The van der Waals surface area contributed by atoms with Gasteiger partial charge in [0.25, 0.3) is 5.56 Å². The van der Waals surface area contributed by atoms with Gasteiger partial charge in [-0.15, -0.1) is 0 Å². The third-order valence-electron chi connectivity index (χ3n) is 5.97. The smallest absolute Gasteiger partial charge is 0.266 e. The maximum absolute atomic E-state index is 13.2. The number of para-hydroxylation sites is 1. The van der Waals surface area contributed by atoms with Gasteiger partial charge >= 0.3 is 0 Å². The molecule has 5 nitrogen and oxygen atoms in total. The summed E-state index contributed by atoms with van der Waals surface area (Å²) in [5.74, 6) is 0.968. The molecule has 1 aliphatic rings. The van der Waals surface area contributed by atoms with Gasteiger partial charge in [-0.1, -0.05) is 73.7 Å². The Hall–Kier alpha value is -2.60. The molecule has 0 atom stereocenters. The largest absolute Gasteiger partial charge is 0.355 e. The first kappa shape index (κ1) is 21.6. The maximum atomic E-state index is 13.2. The quantitative estimate of drug-likeness (QED) is 0.425. The molecule has 162 valence electrons. The number of fused-ring (bicyclic) bond motifs is 1. The van der Waals surface area contributed by atoms with Crippen molar-refractivity contribution in [3.63, 3.8) is 0 Å². The number of hydrogen-bond donors (Lipinski definition) is 1. The first-order valence-corrected chi connectivity index (χ1v) is 12.1. The molecule has 2 aromatic carbocycles. The average molecular weight is 436 g/mol. The van der Waals surface area contributed by atoms with E-state index in [1.165, 1.54) is 43.9 Å². The molecule has 0 saturated heterocycles. The summed E-state index contributed by atoms with van der Waals surface area (Å²) in [7, 11) is 0. The van der Waals surface area contributed by atoms with Gasteiger partial charge in [-0.3, -0.25) is 14.2 Å². The topological polar surface area (TPSA) is 64.0 Å². The van der Waals surface area contributed by atoms with Crippen molar-refractivity contribution in [1.82, 2.24) is 14.9 Å². The summed E-state index contributed by atoms with van der Waals surface area (Å²) in [6, 6.07) is 15.1. The van der Waals surface area contributed by atoms with E-state index in [2.05, 4.69) is 5.32 Å². The van der Waals surface area contributed by atoms with E-state index in [4.69, 9.17) is 4.98 Å². The molecule has 1 aromatic heterocycles. The molecule has 1 saturated carbocycles. The van der Waals surface area contributed by atoms with Crippen LogP contribution in [0.2, 0.25) is 0 Å². The molecule has 1 fully saturated rings. The van der Waals surface area contributed by atoms with E-state index in [1.54, 1.807) is 10.6 Å². The Morgan fingerprint density at radius 2 is 1.84 bits per heavy atom. The lowest BCUT2D eigenvalue weighted by Gasteiger charge is -2.21. The number of nitrogens with zero attached hydrogens (tertiary/aromatic N) is 2. The minimum Gasteiger partial charge on any atom is -0.355 e. The highest BCUT2D eigenvalue weighted by Gasteiger charge is 2.16. The highest BCUT2D eigenvalue weighted by Crippen LogP contribution is 2.26. The predicted molar refractivity (Wildman–Crippen MR) is 127 cm³/mol. The van der Waals surface area contributed by atoms with E-state index in [1.807, 2.05) is 49.4 Å². The van der Waals surface area contributed by atoms with Crippen molar-refractivity contribution < 1.29 is 4.79 Å². The molecule has 6 heteroatoms. The molecule has 0 unspecified atom stereocenters. The van der Waals surface area contributed by atoms with Crippen LogP contribution in [-0.4, -0.2) is 27.8 Å². The summed E-state index contributed by atoms with van der Waals surface area (Å²) < 4.78 is 1.61. The molecule has 1 heterocycles. The van der Waals surface area contributed by atoms with Crippen molar-refractivity contribution in [1.29, 1.82) is 0 Å². The normalized spacial score (nSPS) is 14.6. The van der Waals surface area contributed by atoms with E-state index in [0.29, 0.717) is 16.1 Å². The number of thioether (sulfide) groups is 1. The molecule has 0 bridgehead atoms. The lowest BCUT2D eigenvalue weighted by Crippen LogP contribution is -2.28. The Kier molecular flexibility index (Phi) is 7.07. The Morgan fingerprint density at radius 1 is 1.10 bits per heavy atom. The fourth-order valence-corrected chi connectivity index (χ4v) is 5.05. The second-order valence-corrected chi connectivity index (χ2v) is 9.26. The highest BCUT2D eigenvalue weighted by molar-refractivity contribution is 7.99. The zero-order chi connectivity index (χ0) is 21.6. The number of carbonyl (C=O) groups is 1. The van der Waals surface area contributed by atoms with Crippen LogP contribution in [0.25, 0.3) is 16.6 Å². The van der Waals surface area contributed by atoms with Crippen molar-refractivity contribution in [3.8, 4) is 5.69 Å². The number of benzene rings is 2. The summed E-state index contributed by atoms with van der Waals surface area (Å²) in [5.41, 5.74) is 2.41. The van der Waals surface area contributed by atoms with E-state index >= 15 is 0 Å². The van der Waals surface area contributed by atoms with Crippen LogP contribution < -0.4 is 10.9 Å². The Labute approximate surface area is 187 Å². The first-order valence-electron chi connectivity index (χ1n) is 11.1. The second-order valence-electron chi connectivity index (χ2n) is 8.32. The maximum Gasteiger partial charge on any atom is 0.266 e. The fraction of sp³-hybridized carbons (Fsp3) is 0.400. The van der Waals surface area contributed by atoms with Crippen LogP contribution in [-0.2, 0) is 4.79 Å². The molecule has 3 aromatic rings. The van der Waals surface area contributed by atoms with Crippen LogP contribution in [0, 0.1) is 12.8 Å². The number of hydrogen-bond acceptors (Lipinski definition) is 4. The lowest BCUT2D eigenvalue weighted by atomic mass is 9.87. The summed E-state index contributed by atoms with van der Waals surface area (Å²) in [6.07, 6.45) is 7.61. The SMILES string of the molecule is Cc1ccc(-n2c(SCC(=O)NCCC3CCCCC3)nc3ccccc3c2=O)cc1. The van der Waals surface area contributed by atoms with Crippen molar-refractivity contribution in [2.75, 3.05) is 12.3 Å². The molecule has 31 heavy (non-hydrogen) atoms. The molecule has 4 rings (SSSR count). The minimum absolute atomic E-state index is 0.0151. The van der Waals surface area contributed by atoms with Crippen LogP contribution in [0.4, 0.5) is 0 Å². The number of nitrogens with one attached hydrogen (secondary N) is 1. The number of rotatable bonds is 7. The Morgan fingerprint density at radius 3 is 2.61 bits per heavy atom. The van der Waals surface area contributed by atoms with Crippen LogP contribution >= 0.6 is 11.8 Å². The number of aryl methyl sites for hydroxylation is 1. The fourth-order valence-electron chi connectivity index (χ4n) is 4.20.